The molecular formula is C13H18O4. The van der Waals surface area contributed by atoms with Gasteiger partial charge in [0.05, 0.1) is 12.7 Å². The van der Waals surface area contributed by atoms with Crippen molar-refractivity contribution >= 4 is 0 Å². The highest BCUT2D eigenvalue weighted by Crippen LogP contribution is 2.24. The van der Waals surface area contributed by atoms with Crippen molar-refractivity contribution < 1.29 is 20.1 Å². The largest absolute Gasteiger partial charge is 0.394 e. The zero-order valence-corrected chi connectivity index (χ0v) is 9.78. The van der Waals surface area contributed by atoms with Gasteiger partial charge >= 0.3 is 0 Å². The molecular weight excluding hydrogens is 220 g/mol. The van der Waals surface area contributed by atoms with Crippen molar-refractivity contribution in [3.63, 3.8) is 0 Å². The van der Waals surface area contributed by atoms with Gasteiger partial charge in [0.2, 0.25) is 0 Å². The Morgan fingerprint density at radius 3 is 2.35 bits per heavy atom. The second kappa shape index (κ2) is 5.14. The maximum Gasteiger partial charge on any atom is 0.111 e. The molecule has 4 nitrogen and oxygen atoms in total. The summed E-state index contributed by atoms with van der Waals surface area (Å²) in [7, 11) is 0. The van der Waals surface area contributed by atoms with Crippen LogP contribution < -0.4 is 0 Å². The van der Waals surface area contributed by atoms with Gasteiger partial charge in [0.1, 0.15) is 18.3 Å². The molecule has 0 aliphatic carbocycles. The molecule has 0 aromatic heterocycles. The van der Waals surface area contributed by atoms with Crippen molar-refractivity contribution in [2.24, 2.45) is 0 Å². The molecule has 1 heterocycles. The molecule has 1 fully saturated rings. The lowest BCUT2D eigenvalue weighted by Crippen LogP contribution is -2.34. The third-order valence-corrected chi connectivity index (χ3v) is 3.32. The topological polar surface area (TPSA) is 69.9 Å². The van der Waals surface area contributed by atoms with Crippen LogP contribution in [0.4, 0.5) is 0 Å². The van der Waals surface area contributed by atoms with Crippen LogP contribution in [-0.2, 0) is 11.2 Å². The van der Waals surface area contributed by atoms with Gasteiger partial charge in [-0.2, -0.15) is 0 Å². The second-order valence-electron chi connectivity index (χ2n) is 4.51. The highest BCUT2D eigenvalue weighted by Gasteiger charge is 2.42. The molecule has 0 saturated carbocycles. The molecule has 1 aliphatic rings. The van der Waals surface area contributed by atoms with E-state index in [9.17, 15) is 10.2 Å². The minimum absolute atomic E-state index is 0.275. The Balaban J connectivity index is 2.08. The van der Waals surface area contributed by atoms with E-state index in [2.05, 4.69) is 0 Å². The van der Waals surface area contributed by atoms with Gasteiger partial charge in [0.15, 0.2) is 0 Å². The molecule has 4 atom stereocenters. The molecule has 0 radical (unpaired) electrons. The predicted molar refractivity (Wildman–Crippen MR) is 62.6 cm³/mol. The van der Waals surface area contributed by atoms with Crippen LogP contribution in [0.1, 0.15) is 11.1 Å². The maximum atomic E-state index is 9.83. The maximum absolute atomic E-state index is 9.83. The van der Waals surface area contributed by atoms with Gasteiger partial charge in [-0.1, -0.05) is 24.3 Å². The molecule has 0 spiro atoms. The van der Waals surface area contributed by atoms with Crippen LogP contribution in [-0.4, -0.2) is 46.3 Å². The summed E-state index contributed by atoms with van der Waals surface area (Å²) in [5, 5.41) is 28.5. The molecule has 0 amide bonds. The summed E-state index contributed by atoms with van der Waals surface area (Å²) in [6, 6.07) is 7.86. The second-order valence-corrected chi connectivity index (χ2v) is 4.51. The Morgan fingerprint density at radius 2 is 1.76 bits per heavy atom. The number of hydrogen-bond acceptors (Lipinski definition) is 4. The highest BCUT2D eigenvalue weighted by atomic mass is 16.6. The van der Waals surface area contributed by atoms with E-state index in [0.717, 1.165) is 11.1 Å². The van der Waals surface area contributed by atoms with Gasteiger partial charge in [-0.3, -0.25) is 0 Å². The van der Waals surface area contributed by atoms with Crippen LogP contribution in [0, 0.1) is 6.92 Å². The Labute approximate surface area is 100 Å². The van der Waals surface area contributed by atoms with Gasteiger partial charge in [0.25, 0.3) is 0 Å². The molecule has 2 rings (SSSR count). The average molecular weight is 238 g/mol. The van der Waals surface area contributed by atoms with E-state index < -0.39 is 24.4 Å². The molecule has 4 heteroatoms. The first kappa shape index (κ1) is 12.5. The Bertz CT molecular complexity index is 379. The third kappa shape index (κ3) is 2.50. The van der Waals surface area contributed by atoms with Crippen LogP contribution in [0.3, 0.4) is 0 Å². The number of aryl methyl sites for hydroxylation is 1. The van der Waals surface area contributed by atoms with Gasteiger partial charge < -0.3 is 20.1 Å². The number of aliphatic hydroxyl groups is 3. The van der Waals surface area contributed by atoms with Crippen LogP contribution in [0.15, 0.2) is 24.3 Å². The first-order valence-corrected chi connectivity index (χ1v) is 5.80. The SMILES string of the molecule is Cc1ccccc1C[C@@H]1O[C@H](CO)[C@@H](O)[C@H]1O. The summed E-state index contributed by atoms with van der Waals surface area (Å²) in [6.07, 6.45) is -2.54. The molecule has 1 aliphatic heterocycles. The van der Waals surface area contributed by atoms with Crippen molar-refractivity contribution in [2.45, 2.75) is 37.8 Å². The lowest BCUT2D eigenvalue weighted by Gasteiger charge is -2.15. The highest BCUT2D eigenvalue weighted by molar-refractivity contribution is 5.26. The molecule has 1 aromatic carbocycles. The standard InChI is InChI=1S/C13H18O4/c1-8-4-2-3-5-9(8)6-10-12(15)13(16)11(7-14)17-10/h2-5,10-16H,6-7H2,1H3/t10-,11+,12-,13+/m0/s1. The Hall–Kier alpha value is -0.940. The van der Waals surface area contributed by atoms with E-state index in [1.165, 1.54) is 0 Å². The minimum atomic E-state index is -1.01. The third-order valence-electron chi connectivity index (χ3n) is 3.32. The average Bonchev–Trinajstić information content (AvgIpc) is 2.60. The van der Waals surface area contributed by atoms with Crippen molar-refractivity contribution in [2.75, 3.05) is 6.61 Å². The number of ether oxygens (including phenoxy) is 1. The summed E-state index contributed by atoms with van der Waals surface area (Å²) >= 11 is 0. The van der Waals surface area contributed by atoms with Gasteiger partial charge in [-0.15, -0.1) is 0 Å². The smallest absolute Gasteiger partial charge is 0.111 e. The molecule has 0 bridgehead atoms. The quantitative estimate of drug-likeness (QED) is 0.694. The number of aliphatic hydroxyl groups excluding tert-OH is 3. The van der Waals surface area contributed by atoms with E-state index in [1.807, 2.05) is 31.2 Å². The lowest BCUT2D eigenvalue weighted by molar-refractivity contribution is -0.0216. The minimum Gasteiger partial charge on any atom is -0.394 e. The normalized spacial score (nSPS) is 32.9. The van der Waals surface area contributed by atoms with Crippen molar-refractivity contribution in [3.05, 3.63) is 35.4 Å². The summed E-state index contributed by atoms with van der Waals surface area (Å²) in [5.41, 5.74) is 2.22. The van der Waals surface area contributed by atoms with Crippen molar-refractivity contribution in [3.8, 4) is 0 Å². The lowest BCUT2D eigenvalue weighted by atomic mass is 9.98. The van der Waals surface area contributed by atoms with Gasteiger partial charge in [0, 0.05) is 6.42 Å². The molecule has 3 N–H and O–H groups in total. The van der Waals surface area contributed by atoms with Gasteiger partial charge in [-0.25, -0.2) is 0 Å². The fourth-order valence-electron chi connectivity index (χ4n) is 2.20. The number of benzene rings is 1. The zero-order chi connectivity index (χ0) is 12.4. The zero-order valence-electron chi connectivity index (χ0n) is 9.78. The first-order chi connectivity index (χ1) is 8.13. The summed E-state index contributed by atoms with van der Waals surface area (Å²) < 4.78 is 5.44. The Kier molecular flexibility index (Phi) is 3.79. The summed E-state index contributed by atoms with van der Waals surface area (Å²) in [6.45, 7) is 1.72. The predicted octanol–water partition coefficient (Wildman–Crippen LogP) is 0.0190. The summed E-state index contributed by atoms with van der Waals surface area (Å²) in [4.78, 5) is 0. The molecule has 0 unspecified atom stereocenters. The van der Waals surface area contributed by atoms with Crippen molar-refractivity contribution in [1.82, 2.24) is 0 Å². The molecule has 94 valence electrons. The van der Waals surface area contributed by atoms with E-state index in [4.69, 9.17) is 9.84 Å². The van der Waals surface area contributed by atoms with E-state index in [0.29, 0.717) is 6.42 Å². The van der Waals surface area contributed by atoms with Gasteiger partial charge in [-0.05, 0) is 18.1 Å². The molecule has 1 aromatic rings. The van der Waals surface area contributed by atoms with Crippen LogP contribution in [0.25, 0.3) is 0 Å². The Morgan fingerprint density at radius 1 is 1.12 bits per heavy atom. The monoisotopic (exact) mass is 238 g/mol. The molecule has 17 heavy (non-hydrogen) atoms. The van der Waals surface area contributed by atoms with Crippen LogP contribution in [0.5, 0.6) is 0 Å². The van der Waals surface area contributed by atoms with E-state index in [-0.39, 0.29) is 6.61 Å². The summed E-state index contributed by atoms with van der Waals surface area (Å²) in [5.74, 6) is 0. The fraction of sp³-hybridized carbons (Fsp3) is 0.538. The first-order valence-electron chi connectivity index (χ1n) is 5.80. The van der Waals surface area contributed by atoms with Crippen LogP contribution in [0.2, 0.25) is 0 Å². The number of hydrogen-bond donors (Lipinski definition) is 3. The van der Waals surface area contributed by atoms with Crippen LogP contribution >= 0.6 is 0 Å². The number of rotatable bonds is 3. The van der Waals surface area contributed by atoms with E-state index in [1.54, 1.807) is 0 Å². The van der Waals surface area contributed by atoms with Crippen molar-refractivity contribution in [1.29, 1.82) is 0 Å². The van der Waals surface area contributed by atoms with E-state index >= 15 is 0 Å². The fourth-order valence-corrected chi connectivity index (χ4v) is 2.20. The molecule has 1 saturated heterocycles.